The summed E-state index contributed by atoms with van der Waals surface area (Å²) < 4.78 is 0. The maximum Gasteiger partial charge on any atom is 0.0967 e. The SMILES string of the molecule is ClCCl.Clc1ccc(-c2ccccc2Cl)cc1. The van der Waals surface area contributed by atoms with Crippen LogP contribution in [0.25, 0.3) is 11.1 Å². The Hall–Kier alpha value is -0.400. The van der Waals surface area contributed by atoms with E-state index in [0.29, 0.717) is 0 Å². The molecule has 0 bridgehead atoms. The van der Waals surface area contributed by atoms with Crippen LogP contribution in [0.4, 0.5) is 0 Å². The van der Waals surface area contributed by atoms with Gasteiger partial charge in [0.05, 0.1) is 5.34 Å². The Bertz CT molecular complexity index is 451. The predicted octanol–water partition coefficient (Wildman–Crippen LogP) is 6.08. The lowest BCUT2D eigenvalue weighted by Gasteiger charge is -2.03. The lowest BCUT2D eigenvalue weighted by molar-refractivity contribution is 1.62. The summed E-state index contributed by atoms with van der Waals surface area (Å²) in [6.45, 7) is 0. The molecule has 4 heteroatoms. The molecule has 0 heterocycles. The zero-order valence-corrected chi connectivity index (χ0v) is 11.9. The first kappa shape index (κ1) is 14.7. The van der Waals surface area contributed by atoms with Crippen molar-refractivity contribution in [3.8, 4) is 11.1 Å². The molecule has 0 spiro atoms. The van der Waals surface area contributed by atoms with Gasteiger partial charge in [-0.25, -0.2) is 0 Å². The third kappa shape index (κ3) is 4.77. The van der Waals surface area contributed by atoms with Gasteiger partial charge >= 0.3 is 0 Å². The molecule has 0 radical (unpaired) electrons. The van der Waals surface area contributed by atoms with Gasteiger partial charge in [-0.1, -0.05) is 53.5 Å². The Balaban J connectivity index is 0.000000437. The first-order chi connectivity index (χ1) is 8.19. The maximum absolute atomic E-state index is 6.07. The molecule has 2 aromatic carbocycles. The van der Waals surface area contributed by atoms with Crippen molar-refractivity contribution in [1.29, 1.82) is 0 Å². The molecule has 0 fully saturated rings. The topological polar surface area (TPSA) is 0 Å². The van der Waals surface area contributed by atoms with Crippen molar-refractivity contribution in [2.75, 3.05) is 5.34 Å². The third-order valence-electron chi connectivity index (χ3n) is 2.03. The summed E-state index contributed by atoms with van der Waals surface area (Å²) in [5, 5.41) is 1.69. The molecule has 0 aliphatic carbocycles. The van der Waals surface area contributed by atoms with Crippen LogP contribution in [0.15, 0.2) is 48.5 Å². The van der Waals surface area contributed by atoms with E-state index in [1.807, 2.05) is 48.5 Å². The van der Waals surface area contributed by atoms with E-state index in [1.165, 1.54) is 0 Å². The number of benzene rings is 2. The number of alkyl halides is 2. The van der Waals surface area contributed by atoms with E-state index in [9.17, 15) is 0 Å². The molecule has 0 nitrogen and oxygen atoms in total. The Morgan fingerprint density at radius 1 is 0.765 bits per heavy atom. The molecule has 0 aliphatic heterocycles. The Morgan fingerprint density at radius 3 is 1.82 bits per heavy atom. The number of rotatable bonds is 1. The van der Waals surface area contributed by atoms with Crippen molar-refractivity contribution in [2.45, 2.75) is 0 Å². The van der Waals surface area contributed by atoms with Gasteiger partial charge in [0, 0.05) is 15.6 Å². The average molecular weight is 308 g/mol. The van der Waals surface area contributed by atoms with Crippen LogP contribution in [0.1, 0.15) is 0 Å². The van der Waals surface area contributed by atoms with Crippen LogP contribution in [-0.4, -0.2) is 5.34 Å². The van der Waals surface area contributed by atoms with Crippen molar-refractivity contribution in [3.05, 3.63) is 58.6 Å². The van der Waals surface area contributed by atoms with Crippen molar-refractivity contribution >= 4 is 46.4 Å². The van der Waals surface area contributed by atoms with Gasteiger partial charge < -0.3 is 0 Å². The Labute approximate surface area is 121 Å². The smallest absolute Gasteiger partial charge is 0.0967 e. The van der Waals surface area contributed by atoms with Crippen LogP contribution in [0.2, 0.25) is 10.0 Å². The summed E-state index contributed by atoms with van der Waals surface area (Å²) >= 11 is 21.4. The number of halogens is 4. The van der Waals surface area contributed by atoms with E-state index < -0.39 is 0 Å². The molecule has 0 aliphatic rings. The average Bonchev–Trinajstić information content (AvgIpc) is 2.32. The minimum Gasteiger partial charge on any atom is -0.109 e. The summed E-state index contributed by atoms with van der Waals surface area (Å²) in [7, 11) is 0. The van der Waals surface area contributed by atoms with Gasteiger partial charge in [-0.05, 0) is 23.8 Å². The summed E-state index contributed by atoms with van der Waals surface area (Å²) in [4.78, 5) is 0. The van der Waals surface area contributed by atoms with Gasteiger partial charge in [0.1, 0.15) is 0 Å². The quantitative estimate of drug-likeness (QED) is 0.560. The van der Waals surface area contributed by atoms with Crippen LogP contribution >= 0.6 is 46.4 Å². The van der Waals surface area contributed by atoms with Crippen LogP contribution < -0.4 is 0 Å². The molecule has 0 N–H and O–H groups in total. The fourth-order valence-corrected chi connectivity index (χ4v) is 1.70. The highest BCUT2D eigenvalue weighted by Gasteiger charge is 2.01. The molecule has 0 atom stereocenters. The highest BCUT2D eigenvalue weighted by atomic mass is 35.5. The Morgan fingerprint density at radius 2 is 1.29 bits per heavy atom. The van der Waals surface area contributed by atoms with Crippen LogP contribution in [0.5, 0.6) is 0 Å². The van der Waals surface area contributed by atoms with E-state index in [2.05, 4.69) is 0 Å². The van der Waals surface area contributed by atoms with Crippen molar-refractivity contribution in [3.63, 3.8) is 0 Å². The molecular formula is C13H10Cl4. The highest BCUT2D eigenvalue weighted by molar-refractivity contribution is 6.40. The van der Waals surface area contributed by atoms with Crippen molar-refractivity contribution in [2.24, 2.45) is 0 Å². The second-order valence-corrected chi connectivity index (χ2v) is 4.74. The van der Waals surface area contributed by atoms with Gasteiger partial charge in [0.2, 0.25) is 0 Å². The first-order valence-electron chi connectivity index (χ1n) is 4.81. The van der Waals surface area contributed by atoms with Crippen LogP contribution in [-0.2, 0) is 0 Å². The molecule has 90 valence electrons. The van der Waals surface area contributed by atoms with Gasteiger partial charge in [-0.3, -0.25) is 0 Å². The zero-order valence-electron chi connectivity index (χ0n) is 8.84. The molecule has 2 aromatic rings. The molecule has 0 unspecified atom stereocenters. The minimum absolute atomic E-state index is 0.194. The van der Waals surface area contributed by atoms with Gasteiger partial charge in [0.15, 0.2) is 0 Å². The summed E-state index contributed by atoms with van der Waals surface area (Å²) in [6.07, 6.45) is 0. The maximum atomic E-state index is 6.07. The minimum atomic E-state index is 0.194. The standard InChI is InChI=1S/C12H8Cl2.CH2Cl2/c13-10-7-5-9(6-8-10)11-3-1-2-4-12(11)14;2-1-3/h1-8H;1H2. The van der Waals surface area contributed by atoms with Crippen molar-refractivity contribution in [1.82, 2.24) is 0 Å². The van der Waals surface area contributed by atoms with E-state index in [4.69, 9.17) is 46.4 Å². The van der Waals surface area contributed by atoms with Gasteiger partial charge in [-0.15, -0.1) is 23.2 Å². The molecule has 2 rings (SSSR count). The van der Waals surface area contributed by atoms with Crippen LogP contribution in [0.3, 0.4) is 0 Å². The Kier molecular flexibility index (Phi) is 6.76. The lowest BCUT2D eigenvalue weighted by atomic mass is 10.1. The summed E-state index contributed by atoms with van der Waals surface area (Å²) in [6, 6.07) is 15.4. The zero-order chi connectivity index (χ0) is 12.7. The number of hydrogen-bond donors (Lipinski definition) is 0. The van der Waals surface area contributed by atoms with E-state index in [0.717, 1.165) is 21.2 Å². The normalized spacial score (nSPS) is 9.41. The second kappa shape index (κ2) is 7.84. The molecule has 0 amide bonds. The van der Waals surface area contributed by atoms with Gasteiger partial charge in [0.25, 0.3) is 0 Å². The second-order valence-electron chi connectivity index (χ2n) is 3.09. The largest absolute Gasteiger partial charge is 0.109 e. The first-order valence-corrected chi connectivity index (χ1v) is 6.64. The lowest BCUT2D eigenvalue weighted by Crippen LogP contribution is -1.77. The van der Waals surface area contributed by atoms with Crippen molar-refractivity contribution < 1.29 is 0 Å². The fourth-order valence-electron chi connectivity index (χ4n) is 1.32. The van der Waals surface area contributed by atoms with E-state index in [-0.39, 0.29) is 5.34 Å². The molecular weight excluding hydrogens is 298 g/mol. The monoisotopic (exact) mass is 306 g/mol. The van der Waals surface area contributed by atoms with E-state index >= 15 is 0 Å². The molecule has 0 aromatic heterocycles. The molecule has 0 saturated heterocycles. The number of hydrogen-bond acceptors (Lipinski definition) is 0. The summed E-state index contributed by atoms with van der Waals surface area (Å²) in [5.41, 5.74) is 2.12. The molecule has 0 saturated carbocycles. The van der Waals surface area contributed by atoms with E-state index in [1.54, 1.807) is 0 Å². The van der Waals surface area contributed by atoms with Gasteiger partial charge in [-0.2, -0.15) is 0 Å². The fraction of sp³-hybridized carbons (Fsp3) is 0.0769. The molecule has 17 heavy (non-hydrogen) atoms. The third-order valence-corrected chi connectivity index (χ3v) is 2.61. The predicted molar refractivity (Wildman–Crippen MR) is 78.5 cm³/mol. The van der Waals surface area contributed by atoms with Crippen LogP contribution in [0, 0.1) is 0 Å². The highest BCUT2D eigenvalue weighted by Crippen LogP contribution is 2.28. The summed E-state index contributed by atoms with van der Waals surface area (Å²) in [5.74, 6) is 0.